The molecule has 21 heavy (non-hydrogen) atoms. The summed E-state index contributed by atoms with van der Waals surface area (Å²) in [7, 11) is -3.71. The van der Waals surface area contributed by atoms with Gasteiger partial charge in [0, 0.05) is 0 Å². The Morgan fingerprint density at radius 3 is 2.38 bits per heavy atom. The summed E-state index contributed by atoms with van der Waals surface area (Å²) in [6, 6.07) is 13.8. The molecule has 0 unspecified atom stereocenters. The molecule has 7 nitrogen and oxygen atoms in total. The standard InChI is InChI=1S/C13H11N5O2S/c14-21(19,20)13-3-1-2-11(8-13)10-4-6-12(7-5-10)18-16-9-15-17-18/h1-9H,(H2,14,19,20). The van der Waals surface area contributed by atoms with Crippen LogP contribution in [0.3, 0.4) is 0 Å². The first-order valence-corrected chi connectivity index (χ1v) is 7.55. The van der Waals surface area contributed by atoms with E-state index in [0.29, 0.717) is 0 Å². The molecule has 1 aromatic heterocycles. The molecule has 0 bridgehead atoms. The van der Waals surface area contributed by atoms with Crippen LogP contribution in [0, 0.1) is 0 Å². The Morgan fingerprint density at radius 1 is 1.00 bits per heavy atom. The zero-order valence-corrected chi connectivity index (χ0v) is 11.6. The molecule has 0 saturated heterocycles. The van der Waals surface area contributed by atoms with Crippen molar-refractivity contribution >= 4 is 10.0 Å². The highest BCUT2D eigenvalue weighted by Crippen LogP contribution is 2.23. The minimum atomic E-state index is -3.71. The van der Waals surface area contributed by atoms with Crippen LogP contribution >= 0.6 is 0 Å². The van der Waals surface area contributed by atoms with Crippen molar-refractivity contribution in [3.05, 3.63) is 54.9 Å². The second-order valence-electron chi connectivity index (χ2n) is 4.35. The van der Waals surface area contributed by atoms with E-state index in [1.54, 1.807) is 6.07 Å². The second-order valence-corrected chi connectivity index (χ2v) is 5.91. The Labute approximate surface area is 121 Å². The van der Waals surface area contributed by atoms with Crippen molar-refractivity contribution in [3.8, 4) is 16.8 Å². The minimum Gasteiger partial charge on any atom is -0.225 e. The Hall–Kier alpha value is -2.58. The number of benzene rings is 2. The average molecular weight is 301 g/mol. The van der Waals surface area contributed by atoms with Crippen LogP contribution < -0.4 is 5.14 Å². The largest absolute Gasteiger partial charge is 0.238 e. The zero-order valence-electron chi connectivity index (χ0n) is 10.8. The highest BCUT2D eigenvalue weighted by molar-refractivity contribution is 7.89. The van der Waals surface area contributed by atoms with E-state index in [0.717, 1.165) is 16.8 Å². The number of hydrogen-bond donors (Lipinski definition) is 1. The van der Waals surface area contributed by atoms with Crippen molar-refractivity contribution in [3.63, 3.8) is 0 Å². The molecule has 0 spiro atoms. The number of primary sulfonamides is 1. The van der Waals surface area contributed by atoms with Gasteiger partial charge >= 0.3 is 0 Å². The number of nitrogens with two attached hydrogens (primary N) is 1. The summed E-state index contributed by atoms with van der Waals surface area (Å²) in [5.74, 6) is 0. The number of hydrogen-bond acceptors (Lipinski definition) is 5. The van der Waals surface area contributed by atoms with Gasteiger partial charge in [-0.15, -0.1) is 15.0 Å². The third-order valence-electron chi connectivity index (χ3n) is 2.94. The molecule has 0 radical (unpaired) electrons. The van der Waals surface area contributed by atoms with Crippen LogP contribution in [-0.4, -0.2) is 28.6 Å². The third-order valence-corrected chi connectivity index (χ3v) is 3.85. The smallest absolute Gasteiger partial charge is 0.225 e. The first-order valence-electron chi connectivity index (χ1n) is 6.01. The van der Waals surface area contributed by atoms with Crippen molar-refractivity contribution in [1.82, 2.24) is 20.2 Å². The van der Waals surface area contributed by atoms with E-state index in [2.05, 4.69) is 15.4 Å². The number of tetrazole rings is 1. The molecular formula is C13H11N5O2S. The van der Waals surface area contributed by atoms with Crippen LogP contribution in [0.15, 0.2) is 59.8 Å². The quantitative estimate of drug-likeness (QED) is 0.776. The SMILES string of the molecule is NS(=O)(=O)c1cccc(-c2ccc(-n3ncnn3)cc2)c1. The number of rotatable bonds is 3. The predicted molar refractivity (Wildman–Crippen MR) is 76.0 cm³/mol. The molecule has 106 valence electrons. The topological polar surface area (TPSA) is 104 Å². The lowest BCUT2D eigenvalue weighted by Crippen LogP contribution is -2.11. The summed E-state index contributed by atoms with van der Waals surface area (Å²) in [4.78, 5) is 1.48. The lowest BCUT2D eigenvalue weighted by Gasteiger charge is -2.05. The van der Waals surface area contributed by atoms with Crippen LogP contribution in [0.5, 0.6) is 0 Å². The fourth-order valence-electron chi connectivity index (χ4n) is 1.93. The minimum absolute atomic E-state index is 0.0852. The Bertz CT molecular complexity index is 858. The van der Waals surface area contributed by atoms with Crippen LogP contribution in [0.1, 0.15) is 0 Å². The maximum Gasteiger partial charge on any atom is 0.238 e. The van der Waals surface area contributed by atoms with Crippen LogP contribution in [-0.2, 0) is 10.0 Å². The van der Waals surface area contributed by atoms with Gasteiger partial charge in [0.2, 0.25) is 10.0 Å². The molecule has 3 rings (SSSR count). The van der Waals surface area contributed by atoms with Gasteiger partial charge in [-0.05, 0) is 40.6 Å². The number of aromatic nitrogens is 4. The van der Waals surface area contributed by atoms with E-state index in [4.69, 9.17) is 5.14 Å². The van der Waals surface area contributed by atoms with Gasteiger partial charge in [-0.1, -0.05) is 24.3 Å². The van der Waals surface area contributed by atoms with Gasteiger partial charge in [0.05, 0.1) is 10.6 Å². The lowest BCUT2D eigenvalue weighted by molar-refractivity contribution is 0.598. The first-order chi connectivity index (χ1) is 10.0. The highest BCUT2D eigenvalue weighted by Gasteiger charge is 2.09. The van der Waals surface area contributed by atoms with E-state index in [1.165, 1.54) is 23.3 Å². The van der Waals surface area contributed by atoms with E-state index in [-0.39, 0.29) is 4.90 Å². The van der Waals surface area contributed by atoms with Gasteiger partial charge in [0.1, 0.15) is 0 Å². The van der Waals surface area contributed by atoms with Gasteiger partial charge in [0.15, 0.2) is 6.33 Å². The molecule has 0 aliphatic carbocycles. The molecule has 0 amide bonds. The van der Waals surface area contributed by atoms with Crippen LogP contribution in [0.2, 0.25) is 0 Å². The van der Waals surface area contributed by atoms with Gasteiger partial charge < -0.3 is 0 Å². The lowest BCUT2D eigenvalue weighted by atomic mass is 10.1. The van der Waals surface area contributed by atoms with Crippen LogP contribution in [0.25, 0.3) is 16.8 Å². The van der Waals surface area contributed by atoms with Crippen molar-refractivity contribution in [2.24, 2.45) is 5.14 Å². The van der Waals surface area contributed by atoms with E-state index in [9.17, 15) is 8.42 Å². The Kier molecular flexibility index (Phi) is 3.24. The summed E-state index contributed by atoms with van der Waals surface area (Å²) in [5.41, 5.74) is 2.39. The van der Waals surface area contributed by atoms with E-state index >= 15 is 0 Å². The van der Waals surface area contributed by atoms with Gasteiger partial charge in [0.25, 0.3) is 0 Å². The van der Waals surface area contributed by atoms with Crippen molar-refractivity contribution in [2.75, 3.05) is 0 Å². The number of sulfonamides is 1. The summed E-state index contributed by atoms with van der Waals surface area (Å²) in [6.07, 6.45) is 1.35. The molecule has 3 aromatic rings. The van der Waals surface area contributed by atoms with Gasteiger partial charge in [-0.25, -0.2) is 13.6 Å². The maximum atomic E-state index is 11.4. The van der Waals surface area contributed by atoms with Crippen molar-refractivity contribution in [2.45, 2.75) is 4.90 Å². The Balaban J connectivity index is 1.98. The van der Waals surface area contributed by atoms with Crippen molar-refractivity contribution in [1.29, 1.82) is 0 Å². The molecule has 8 heteroatoms. The zero-order chi connectivity index (χ0) is 14.9. The fraction of sp³-hybridized carbons (Fsp3) is 0. The van der Waals surface area contributed by atoms with E-state index < -0.39 is 10.0 Å². The number of nitrogens with zero attached hydrogens (tertiary/aromatic N) is 4. The van der Waals surface area contributed by atoms with Gasteiger partial charge in [-0.2, -0.15) is 0 Å². The maximum absolute atomic E-state index is 11.4. The summed E-state index contributed by atoms with van der Waals surface area (Å²) in [6.45, 7) is 0. The third kappa shape index (κ3) is 2.81. The summed E-state index contributed by atoms with van der Waals surface area (Å²) in [5, 5.41) is 16.5. The van der Waals surface area contributed by atoms with E-state index in [1.807, 2.05) is 30.3 Å². The monoisotopic (exact) mass is 301 g/mol. The molecule has 0 aliphatic heterocycles. The molecular weight excluding hydrogens is 290 g/mol. The molecule has 1 heterocycles. The first kappa shape index (κ1) is 13.4. The average Bonchev–Trinajstić information content (AvgIpc) is 3.01. The normalized spacial score (nSPS) is 11.5. The van der Waals surface area contributed by atoms with Crippen LogP contribution in [0.4, 0.5) is 0 Å². The molecule has 0 fully saturated rings. The fourth-order valence-corrected chi connectivity index (χ4v) is 2.48. The molecule has 0 aliphatic rings. The Morgan fingerprint density at radius 2 is 1.76 bits per heavy atom. The summed E-state index contributed by atoms with van der Waals surface area (Å²) >= 11 is 0. The van der Waals surface area contributed by atoms with Crippen molar-refractivity contribution < 1.29 is 8.42 Å². The predicted octanol–water partition coefficient (Wildman–Crippen LogP) is 0.977. The molecule has 0 atom stereocenters. The molecule has 2 N–H and O–H groups in total. The second kappa shape index (κ2) is 5.08. The highest BCUT2D eigenvalue weighted by atomic mass is 32.2. The van der Waals surface area contributed by atoms with Gasteiger partial charge in [-0.3, -0.25) is 0 Å². The molecule has 0 saturated carbocycles. The summed E-state index contributed by atoms with van der Waals surface area (Å²) < 4.78 is 22.8. The molecule has 2 aromatic carbocycles.